The van der Waals surface area contributed by atoms with Crippen molar-refractivity contribution < 1.29 is 18.3 Å². The van der Waals surface area contributed by atoms with Gasteiger partial charge in [-0.15, -0.1) is 0 Å². The summed E-state index contributed by atoms with van der Waals surface area (Å²) >= 11 is 0. The molecule has 1 atom stereocenters. The van der Waals surface area contributed by atoms with Gasteiger partial charge in [0.2, 0.25) is 5.91 Å². The van der Waals surface area contributed by atoms with E-state index in [1.807, 2.05) is 6.92 Å². The lowest BCUT2D eigenvalue weighted by molar-refractivity contribution is -0.123. The normalized spacial score (nSPS) is 22.2. The number of nitrogens with one attached hydrogen (secondary N) is 2. The molecule has 2 fully saturated rings. The first-order valence-corrected chi connectivity index (χ1v) is 8.03. The molecule has 1 saturated heterocycles. The summed E-state index contributed by atoms with van der Waals surface area (Å²) < 4.78 is 29.4. The summed E-state index contributed by atoms with van der Waals surface area (Å²) in [5.41, 5.74) is 1.69. The van der Waals surface area contributed by atoms with E-state index in [1.165, 1.54) is 6.07 Å². The number of benzene rings is 1. The van der Waals surface area contributed by atoms with Crippen molar-refractivity contribution in [3.8, 4) is 5.75 Å². The van der Waals surface area contributed by atoms with Gasteiger partial charge in [-0.2, -0.15) is 8.78 Å². The molecule has 1 unspecified atom stereocenters. The molecule has 1 aliphatic heterocycles. The summed E-state index contributed by atoms with van der Waals surface area (Å²) in [6, 6.07) is 5.01. The largest absolute Gasteiger partial charge is 0.434 e. The molecule has 1 aromatic carbocycles. The molecular formula is C17H22F2N2O2. The van der Waals surface area contributed by atoms with E-state index >= 15 is 0 Å². The van der Waals surface area contributed by atoms with Gasteiger partial charge < -0.3 is 15.4 Å². The van der Waals surface area contributed by atoms with Crippen LogP contribution in [-0.4, -0.2) is 25.6 Å². The van der Waals surface area contributed by atoms with Crippen molar-refractivity contribution in [2.24, 2.45) is 11.3 Å². The summed E-state index contributed by atoms with van der Waals surface area (Å²) in [6.45, 7) is 1.16. The van der Waals surface area contributed by atoms with E-state index in [0.717, 1.165) is 37.9 Å². The molecule has 1 saturated carbocycles. The molecule has 23 heavy (non-hydrogen) atoms. The number of aryl methyl sites for hydroxylation is 1. The van der Waals surface area contributed by atoms with Crippen molar-refractivity contribution in [2.45, 2.75) is 39.3 Å². The zero-order valence-corrected chi connectivity index (χ0v) is 13.2. The maximum Gasteiger partial charge on any atom is 0.387 e. The minimum Gasteiger partial charge on any atom is -0.434 e. The van der Waals surface area contributed by atoms with Crippen LogP contribution >= 0.6 is 0 Å². The van der Waals surface area contributed by atoms with Crippen molar-refractivity contribution in [1.82, 2.24) is 10.6 Å². The van der Waals surface area contributed by atoms with E-state index in [-0.39, 0.29) is 29.5 Å². The fraction of sp³-hybridized carbons (Fsp3) is 0.588. The van der Waals surface area contributed by atoms with Crippen LogP contribution in [-0.2, 0) is 11.3 Å². The van der Waals surface area contributed by atoms with Gasteiger partial charge in [-0.3, -0.25) is 4.79 Å². The zero-order chi connectivity index (χ0) is 16.4. The van der Waals surface area contributed by atoms with Gasteiger partial charge in [0.25, 0.3) is 0 Å². The van der Waals surface area contributed by atoms with Crippen LogP contribution in [0.25, 0.3) is 0 Å². The molecule has 126 valence electrons. The third kappa shape index (κ3) is 3.63. The molecule has 4 nitrogen and oxygen atoms in total. The number of alkyl halides is 2. The minimum absolute atomic E-state index is 0.0244. The highest BCUT2D eigenvalue weighted by Crippen LogP contribution is 2.58. The summed E-state index contributed by atoms with van der Waals surface area (Å²) in [5.74, 6) is 0.212. The lowest BCUT2D eigenvalue weighted by Crippen LogP contribution is -2.33. The Balaban J connectivity index is 1.60. The number of halogens is 2. The second-order valence-electron chi connectivity index (χ2n) is 6.58. The first kappa shape index (κ1) is 16.2. The molecule has 2 aliphatic rings. The van der Waals surface area contributed by atoms with Gasteiger partial charge in [-0.25, -0.2) is 0 Å². The summed E-state index contributed by atoms with van der Waals surface area (Å²) in [5, 5.41) is 6.20. The summed E-state index contributed by atoms with van der Waals surface area (Å²) in [7, 11) is 0. The Morgan fingerprint density at radius 3 is 2.87 bits per heavy atom. The second kappa shape index (κ2) is 6.43. The monoisotopic (exact) mass is 324 g/mol. The Labute approximate surface area is 134 Å². The highest BCUT2D eigenvalue weighted by Gasteiger charge is 2.57. The van der Waals surface area contributed by atoms with Crippen LogP contribution in [0.2, 0.25) is 0 Å². The van der Waals surface area contributed by atoms with Gasteiger partial charge in [0, 0.05) is 18.0 Å². The van der Waals surface area contributed by atoms with Gasteiger partial charge in [-0.1, -0.05) is 17.7 Å². The molecule has 2 N–H and O–H groups in total. The molecule has 0 radical (unpaired) electrons. The van der Waals surface area contributed by atoms with Crippen LogP contribution in [0, 0.1) is 18.3 Å². The van der Waals surface area contributed by atoms with Gasteiger partial charge in [-0.05, 0) is 50.8 Å². The fourth-order valence-electron chi connectivity index (χ4n) is 3.56. The number of carbonyl (C=O) groups excluding carboxylic acids is 1. The Morgan fingerprint density at radius 1 is 1.43 bits per heavy atom. The predicted octanol–water partition coefficient (Wildman–Crippen LogP) is 2.60. The third-order valence-electron chi connectivity index (χ3n) is 4.99. The number of ether oxygens (including phenoxy) is 1. The molecule has 1 amide bonds. The van der Waals surface area contributed by atoms with Crippen molar-refractivity contribution in [1.29, 1.82) is 0 Å². The van der Waals surface area contributed by atoms with E-state index in [0.29, 0.717) is 5.56 Å². The Kier molecular flexibility index (Phi) is 4.53. The Hall–Kier alpha value is -1.69. The number of carbonyl (C=O) groups is 1. The SMILES string of the molecule is Cc1ccc(OC(F)F)c(CNC(=O)C2CC23CCNCC3)c1. The smallest absolute Gasteiger partial charge is 0.387 e. The first-order valence-electron chi connectivity index (χ1n) is 8.03. The molecule has 6 heteroatoms. The van der Waals surface area contributed by atoms with Crippen LogP contribution in [0.15, 0.2) is 18.2 Å². The topological polar surface area (TPSA) is 50.4 Å². The van der Waals surface area contributed by atoms with Crippen LogP contribution in [0.1, 0.15) is 30.4 Å². The van der Waals surface area contributed by atoms with Gasteiger partial charge >= 0.3 is 6.61 Å². The molecule has 1 spiro atoms. The van der Waals surface area contributed by atoms with Gasteiger partial charge in [0.1, 0.15) is 5.75 Å². The minimum atomic E-state index is -2.87. The maximum absolute atomic E-state index is 12.5. The highest BCUT2D eigenvalue weighted by molar-refractivity contribution is 5.82. The molecule has 1 aliphatic carbocycles. The van der Waals surface area contributed by atoms with E-state index in [4.69, 9.17) is 0 Å². The Morgan fingerprint density at radius 2 is 2.17 bits per heavy atom. The fourth-order valence-corrected chi connectivity index (χ4v) is 3.56. The predicted molar refractivity (Wildman–Crippen MR) is 82.3 cm³/mol. The third-order valence-corrected chi connectivity index (χ3v) is 4.99. The molecule has 1 aromatic rings. The summed E-state index contributed by atoms with van der Waals surface area (Å²) in [4.78, 5) is 12.4. The second-order valence-corrected chi connectivity index (χ2v) is 6.58. The average Bonchev–Trinajstić information content (AvgIpc) is 3.20. The zero-order valence-electron chi connectivity index (χ0n) is 13.2. The van der Waals surface area contributed by atoms with Crippen molar-refractivity contribution in [2.75, 3.05) is 13.1 Å². The van der Waals surface area contributed by atoms with E-state index in [9.17, 15) is 13.6 Å². The number of hydrogen-bond acceptors (Lipinski definition) is 3. The van der Waals surface area contributed by atoms with Crippen LogP contribution < -0.4 is 15.4 Å². The lowest BCUT2D eigenvalue weighted by Gasteiger charge is -2.23. The average molecular weight is 324 g/mol. The van der Waals surface area contributed by atoms with E-state index in [1.54, 1.807) is 12.1 Å². The van der Waals surface area contributed by atoms with Crippen molar-refractivity contribution in [3.63, 3.8) is 0 Å². The number of hydrogen-bond donors (Lipinski definition) is 2. The highest BCUT2D eigenvalue weighted by atomic mass is 19.3. The van der Waals surface area contributed by atoms with Crippen molar-refractivity contribution >= 4 is 5.91 Å². The quantitative estimate of drug-likeness (QED) is 0.875. The number of rotatable bonds is 5. The van der Waals surface area contributed by atoms with Crippen LogP contribution in [0.5, 0.6) is 5.75 Å². The molecule has 0 aromatic heterocycles. The lowest BCUT2D eigenvalue weighted by atomic mass is 9.92. The van der Waals surface area contributed by atoms with E-state index in [2.05, 4.69) is 15.4 Å². The molecule has 1 heterocycles. The standard InChI is InChI=1S/C17H22F2N2O2/c1-11-2-3-14(23-16(18)19)12(8-11)10-21-15(22)13-9-17(13)4-6-20-7-5-17/h2-3,8,13,16,20H,4-7,9-10H2,1H3,(H,21,22). The Bertz CT molecular complexity index is 586. The molecular weight excluding hydrogens is 302 g/mol. The first-order chi connectivity index (χ1) is 11.0. The summed E-state index contributed by atoms with van der Waals surface area (Å²) in [6.07, 6.45) is 3.01. The van der Waals surface area contributed by atoms with Crippen LogP contribution in [0.3, 0.4) is 0 Å². The van der Waals surface area contributed by atoms with Crippen LogP contribution in [0.4, 0.5) is 8.78 Å². The molecule has 0 bridgehead atoms. The van der Waals surface area contributed by atoms with E-state index < -0.39 is 6.61 Å². The number of piperidine rings is 1. The van der Waals surface area contributed by atoms with Gasteiger partial charge in [0.05, 0.1) is 0 Å². The van der Waals surface area contributed by atoms with Crippen molar-refractivity contribution in [3.05, 3.63) is 29.3 Å². The maximum atomic E-state index is 12.5. The molecule has 3 rings (SSSR count). The van der Waals surface area contributed by atoms with Gasteiger partial charge in [0.15, 0.2) is 0 Å². The number of amides is 1.